The highest BCUT2D eigenvalue weighted by Gasteiger charge is 2.26. The summed E-state index contributed by atoms with van der Waals surface area (Å²) in [6.45, 7) is 3.57. The van der Waals surface area contributed by atoms with Gasteiger partial charge in [0.15, 0.2) is 6.10 Å². The molecule has 1 aliphatic rings. The van der Waals surface area contributed by atoms with Gasteiger partial charge >= 0.3 is 0 Å². The van der Waals surface area contributed by atoms with E-state index < -0.39 is 6.10 Å². The normalized spacial score (nSPS) is 15.8. The van der Waals surface area contributed by atoms with Crippen molar-refractivity contribution in [1.29, 1.82) is 5.26 Å². The third kappa shape index (κ3) is 6.63. The van der Waals surface area contributed by atoms with Gasteiger partial charge < -0.3 is 20.1 Å². The first-order chi connectivity index (χ1) is 18.5. The number of amides is 2. The van der Waals surface area contributed by atoms with E-state index in [1.54, 1.807) is 49.7 Å². The molecule has 192 valence electrons. The van der Waals surface area contributed by atoms with E-state index in [0.29, 0.717) is 42.1 Å². The number of hydrogen-bond acceptors (Lipinski definition) is 6. The van der Waals surface area contributed by atoms with E-state index in [1.165, 1.54) is 0 Å². The molecular weight excluding hydrogens is 480 g/mol. The van der Waals surface area contributed by atoms with Crippen LogP contribution in [0.2, 0.25) is 0 Å². The van der Waals surface area contributed by atoms with Gasteiger partial charge in [-0.15, -0.1) is 0 Å². The van der Waals surface area contributed by atoms with Gasteiger partial charge in [0.05, 0.1) is 31.5 Å². The number of hydrogen-bond donors (Lipinski definition) is 2. The van der Waals surface area contributed by atoms with Gasteiger partial charge in [-0.05, 0) is 53.6 Å². The fourth-order valence-electron chi connectivity index (χ4n) is 4.09. The number of ether oxygens (including phenoxy) is 2. The number of aromatic nitrogens is 1. The van der Waals surface area contributed by atoms with Crippen LogP contribution in [0.5, 0.6) is 0 Å². The Balaban J connectivity index is 1.40. The minimum Gasteiger partial charge on any atom is -0.383 e. The van der Waals surface area contributed by atoms with E-state index in [1.807, 2.05) is 25.1 Å². The molecule has 0 fully saturated rings. The van der Waals surface area contributed by atoms with Crippen LogP contribution in [0.4, 0.5) is 0 Å². The van der Waals surface area contributed by atoms with Crippen molar-refractivity contribution in [3.8, 4) is 17.9 Å². The molecule has 4 rings (SSSR count). The van der Waals surface area contributed by atoms with Crippen LogP contribution in [0.1, 0.15) is 67.6 Å². The molecule has 1 aromatic heterocycles. The van der Waals surface area contributed by atoms with Crippen LogP contribution in [-0.2, 0) is 16.0 Å². The zero-order valence-electron chi connectivity index (χ0n) is 21.3. The van der Waals surface area contributed by atoms with Crippen LogP contribution in [0.25, 0.3) is 0 Å². The summed E-state index contributed by atoms with van der Waals surface area (Å²) < 4.78 is 10.5. The highest BCUT2D eigenvalue weighted by molar-refractivity contribution is 5.95. The van der Waals surface area contributed by atoms with Crippen molar-refractivity contribution in [2.45, 2.75) is 25.5 Å². The van der Waals surface area contributed by atoms with E-state index in [0.717, 1.165) is 16.7 Å². The molecule has 2 atom stereocenters. The monoisotopic (exact) mass is 508 g/mol. The van der Waals surface area contributed by atoms with Gasteiger partial charge in [0.2, 0.25) is 0 Å². The number of rotatable bonds is 7. The minimum atomic E-state index is -0.605. The highest BCUT2D eigenvalue weighted by Crippen LogP contribution is 2.33. The molecule has 1 aliphatic heterocycles. The predicted octanol–water partition coefficient (Wildman–Crippen LogP) is 3.49. The number of nitrogens with one attached hydrogen (secondary N) is 2. The van der Waals surface area contributed by atoms with Crippen LogP contribution in [0.3, 0.4) is 0 Å². The summed E-state index contributed by atoms with van der Waals surface area (Å²) in [7, 11) is 1.58. The Bertz CT molecular complexity index is 1430. The number of methoxy groups -OCH3 is 1. The van der Waals surface area contributed by atoms with Crippen molar-refractivity contribution in [1.82, 2.24) is 15.6 Å². The molecule has 2 heterocycles. The topological polar surface area (TPSA) is 113 Å². The lowest BCUT2D eigenvalue weighted by molar-refractivity contribution is 0.0660. The molecule has 0 unspecified atom stereocenters. The second-order valence-corrected chi connectivity index (χ2v) is 8.89. The predicted molar refractivity (Wildman–Crippen MR) is 141 cm³/mol. The molecule has 0 saturated carbocycles. The fourth-order valence-corrected chi connectivity index (χ4v) is 4.09. The molecule has 0 aliphatic carbocycles. The number of fused-ring (bicyclic) bond motifs is 1. The van der Waals surface area contributed by atoms with Crippen LogP contribution >= 0.6 is 0 Å². The van der Waals surface area contributed by atoms with Crippen molar-refractivity contribution >= 4 is 11.8 Å². The second-order valence-electron chi connectivity index (χ2n) is 8.89. The Morgan fingerprint density at radius 3 is 2.58 bits per heavy atom. The van der Waals surface area contributed by atoms with Crippen molar-refractivity contribution in [3.63, 3.8) is 0 Å². The second kappa shape index (κ2) is 12.6. The van der Waals surface area contributed by atoms with Gasteiger partial charge in [-0.25, -0.2) is 0 Å². The molecule has 8 heteroatoms. The molecule has 8 nitrogen and oxygen atoms in total. The van der Waals surface area contributed by atoms with E-state index in [4.69, 9.17) is 9.47 Å². The Labute approximate surface area is 222 Å². The molecule has 0 radical (unpaired) electrons. The van der Waals surface area contributed by atoms with Gasteiger partial charge in [-0.3, -0.25) is 14.6 Å². The van der Waals surface area contributed by atoms with Gasteiger partial charge in [0.25, 0.3) is 11.8 Å². The number of nitriles is 1. The summed E-state index contributed by atoms with van der Waals surface area (Å²) in [5.74, 6) is 5.87. The Morgan fingerprint density at radius 1 is 1.03 bits per heavy atom. The standard InChI is InChI=1S/C30H28N4O4/c1-20-19-38-28(17-31)26-9-8-24(16-27(20)26)30(36)34-18-25-15-22(10-11-32-25)7-6-21-4-3-5-23(14-21)29(35)33-12-13-37-2/h3-5,8-11,14-16,20,28H,12-13,18-19H2,1-2H3,(H,33,35)(H,34,36)/t20-,28-/m0/s1. The van der Waals surface area contributed by atoms with Crippen molar-refractivity contribution in [2.24, 2.45) is 0 Å². The summed E-state index contributed by atoms with van der Waals surface area (Å²) in [4.78, 5) is 29.4. The Morgan fingerprint density at radius 2 is 1.79 bits per heavy atom. The number of carbonyl (C=O) groups is 2. The minimum absolute atomic E-state index is 0.102. The lowest BCUT2D eigenvalue weighted by Gasteiger charge is -2.26. The fraction of sp³-hybridized carbons (Fsp3) is 0.267. The maximum Gasteiger partial charge on any atom is 0.251 e. The molecule has 0 bridgehead atoms. The number of nitrogens with zero attached hydrogens (tertiary/aromatic N) is 2. The van der Waals surface area contributed by atoms with Gasteiger partial charge in [-0.1, -0.05) is 30.9 Å². The van der Waals surface area contributed by atoms with Crippen LogP contribution in [-0.4, -0.2) is 43.7 Å². The average Bonchev–Trinajstić information content (AvgIpc) is 2.95. The molecule has 2 aromatic carbocycles. The molecule has 0 saturated heterocycles. The summed E-state index contributed by atoms with van der Waals surface area (Å²) in [6, 6.07) is 18.2. The molecular formula is C30H28N4O4. The zero-order chi connectivity index (χ0) is 26.9. The Hall–Kier alpha value is -4.50. The van der Waals surface area contributed by atoms with Crippen molar-refractivity contribution in [2.75, 3.05) is 26.9 Å². The Kier molecular flexibility index (Phi) is 8.84. The first-order valence-corrected chi connectivity index (χ1v) is 12.3. The van der Waals surface area contributed by atoms with Crippen LogP contribution in [0.15, 0.2) is 60.8 Å². The SMILES string of the molecule is COCCNC(=O)c1cccc(C#Cc2ccnc(CNC(=O)c3ccc4c(c3)[C@@H](C)CO[C@H]4C#N)c2)c1. The molecule has 3 aromatic rings. The number of carbonyl (C=O) groups excluding carboxylic acids is 2. The zero-order valence-corrected chi connectivity index (χ0v) is 21.3. The number of pyridine rings is 1. The maximum atomic E-state index is 12.8. The molecule has 2 amide bonds. The average molecular weight is 509 g/mol. The maximum absolute atomic E-state index is 12.8. The quantitative estimate of drug-likeness (QED) is 0.373. The molecule has 2 N–H and O–H groups in total. The highest BCUT2D eigenvalue weighted by atomic mass is 16.5. The third-order valence-electron chi connectivity index (χ3n) is 6.11. The smallest absolute Gasteiger partial charge is 0.251 e. The summed E-state index contributed by atoms with van der Waals surface area (Å²) >= 11 is 0. The number of benzene rings is 2. The van der Waals surface area contributed by atoms with E-state index in [2.05, 4.69) is 33.5 Å². The lowest BCUT2D eigenvalue weighted by Crippen LogP contribution is -2.26. The summed E-state index contributed by atoms with van der Waals surface area (Å²) in [5.41, 5.74) is 4.94. The van der Waals surface area contributed by atoms with Crippen molar-refractivity contribution in [3.05, 3.63) is 99.9 Å². The summed E-state index contributed by atoms with van der Waals surface area (Å²) in [6.07, 6.45) is 1.04. The van der Waals surface area contributed by atoms with E-state index in [9.17, 15) is 14.9 Å². The van der Waals surface area contributed by atoms with Gasteiger partial charge in [-0.2, -0.15) is 5.26 Å². The first kappa shape index (κ1) is 26.6. The van der Waals surface area contributed by atoms with E-state index in [-0.39, 0.29) is 24.3 Å². The lowest BCUT2D eigenvalue weighted by atomic mass is 9.89. The van der Waals surface area contributed by atoms with Crippen LogP contribution in [0, 0.1) is 23.2 Å². The first-order valence-electron chi connectivity index (χ1n) is 12.3. The van der Waals surface area contributed by atoms with Gasteiger partial charge in [0, 0.05) is 48.0 Å². The summed E-state index contributed by atoms with van der Waals surface area (Å²) in [5, 5.41) is 15.0. The third-order valence-corrected chi connectivity index (χ3v) is 6.11. The van der Waals surface area contributed by atoms with Crippen LogP contribution < -0.4 is 10.6 Å². The van der Waals surface area contributed by atoms with Crippen molar-refractivity contribution < 1.29 is 19.1 Å². The molecule has 0 spiro atoms. The largest absolute Gasteiger partial charge is 0.383 e. The van der Waals surface area contributed by atoms with Gasteiger partial charge in [0.1, 0.15) is 0 Å². The van der Waals surface area contributed by atoms with E-state index >= 15 is 0 Å². The molecule has 38 heavy (non-hydrogen) atoms.